The average Bonchev–Trinajstić information content (AvgIpc) is 2.89. The van der Waals surface area contributed by atoms with Crippen molar-refractivity contribution < 1.29 is 19.5 Å². The van der Waals surface area contributed by atoms with Crippen LogP contribution in [0.2, 0.25) is 0 Å². The Morgan fingerprint density at radius 1 is 1.31 bits per heavy atom. The lowest BCUT2D eigenvalue weighted by molar-refractivity contribution is -0.159. The fourth-order valence-corrected chi connectivity index (χ4v) is 2.75. The number of carboxylic acid groups (broad SMARTS) is 1. The van der Waals surface area contributed by atoms with Gasteiger partial charge in [0.05, 0.1) is 17.3 Å². The minimum Gasteiger partial charge on any atom is -0.481 e. The highest BCUT2D eigenvalue weighted by molar-refractivity contribution is 6.09. The molecule has 0 aromatic heterocycles. The lowest BCUT2D eigenvalue weighted by Crippen LogP contribution is -2.50. The lowest BCUT2D eigenvalue weighted by Gasteiger charge is -2.40. The second kappa shape index (κ2) is 2.84. The number of nitrogens with zero attached hydrogens (tertiary/aromatic N) is 1. The van der Waals surface area contributed by atoms with Crippen LogP contribution in [0.3, 0.4) is 0 Å². The number of imide groups is 1. The van der Waals surface area contributed by atoms with Crippen molar-refractivity contribution in [2.24, 2.45) is 17.3 Å². The summed E-state index contributed by atoms with van der Waals surface area (Å²) in [5.41, 5.74) is -0.845. The van der Waals surface area contributed by atoms with Gasteiger partial charge in [-0.25, -0.2) is 0 Å². The van der Waals surface area contributed by atoms with Crippen molar-refractivity contribution in [1.29, 1.82) is 0 Å². The van der Waals surface area contributed by atoms with E-state index in [1.54, 1.807) is 0 Å². The molecule has 2 unspecified atom stereocenters. The third-order valence-electron chi connectivity index (χ3n) is 4.18. The number of likely N-dealkylation sites (tertiary alicyclic amines) is 1. The van der Waals surface area contributed by atoms with Crippen LogP contribution < -0.4 is 0 Å². The van der Waals surface area contributed by atoms with Gasteiger partial charge in [0.15, 0.2) is 0 Å². The maximum absolute atomic E-state index is 11.7. The number of amides is 2. The van der Waals surface area contributed by atoms with Crippen LogP contribution in [-0.2, 0) is 14.4 Å². The number of hydrogen-bond donors (Lipinski definition) is 1. The third kappa shape index (κ3) is 1.08. The Morgan fingerprint density at radius 2 is 1.88 bits per heavy atom. The molecule has 1 heterocycles. The highest BCUT2D eigenvalue weighted by Crippen LogP contribution is 2.50. The number of piperidine rings is 1. The Labute approximate surface area is 92.4 Å². The van der Waals surface area contributed by atoms with Gasteiger partial charge in [-0.2, -0.15) is 0 Å². The van der Waals surface area contributed by atoms with E-state index in [2.05, 4.69) is 0 Å². The van der Waals surface area contributed by atoms with Crippen LogP contribution in [0.4, 0.5) is 0 Å². The number of carboxylic acids is 1. The second-order valence-electron chi connectivity index (χ2n) is 5.15. The fourth-order valence-electron chi connectivity index (χ4n) is 2.75. The first kappa shape index (κ1) is 9.81. The molecule has 2 atom stereocenters. The van der Waals surface area contributed by atoms with Crippen LogP contribution in [0, 0.1) is 17.3 Å². The predicted molar refractivity (Wildman–Crippen MR) is 52.2 cm³/mol. The molecule has 2 aliphatic carbocycles. The normalized spacial score (nSPS) is 34.6. The average molecular weight is 223 g/mol. The van der Waals surface area contributed by atoms with Crippen molar-refractivity contribution in [3.8, 4) is 0 Å². The molecule has 2 amide bonds. The molecule has 1 aliphatic heterocycles. The van der Waals surface area contributed by atoms with Crippen molar-refractivity contribution in [3.05, 3.63) is 0 Å². The molecule has 1 N–H and O–H groups in total. The molecule has 3 fully saturated rings. The molecule has 2 saturated carbocycles. The Kier molecular flexibility index (Phi) is 1.74. The number of hydrogen-bond acceptors (Lipinski definition) is 3. The molecule has 5 heteroatoms. The van der Waals surface area contributed by atoms with E-state index in [-0.39, 0.29) is 30.2 Å². The van der Waals surface area contributed by atoms with Crippen LogP contribution in [0.5, 0.6) is 0 Å². The fraction of sp³-hybridized carbons (Fsp3) is 0.727. The smallest absolute Gasteiger partial charge is 0.311 e. The Bertz CT molecular complexity index is 379. The van der Waals surface area contributed by atoms with E-state index < -0.39 is 11.4 Å². The van der Waals surface area contributed by atoms with E-state index in [0.717, 1.165) is 6.42 Å². The minimum absolute atomic E-state index is 0.0903. The first-order valence-corrected chi connectivity index (χ1v) is 5.64. The monoisotopic (exact) mass is 223 g/mol. The van der Waals surface area contributed by atoms with E-state index in [1.165, 1.54) is 4.90 Å². The highest BCUT2D eigenvalue weighted by Gasteiger charge is 2.61. The van der Waals surface area contributed by atoms with Crippen molar-refractivity contribution in [1.82, 2.24) is 4.90 Å². The van der Waals surface area contributed by atoms with Gasteiger partial charge in [-0.15, -0.1) is 0 Å². The van der Waals surface area contributed by atoms with E-state index in [0.29, 0.717) is 19.3 Å². The van der Waals surface area contributed by atoms with Crippen LogP contribution in [0.1, 0.15) is 25.7 Å². The van der Waals surface area contributed by atoms with Crippen molar-refractivity contribution >= 4 is 17.8 Å². The summed E-state index contributed by atoms with van der Waals surface area (Å²) < 4.78 is 0. The summed E-state index contributed by atoms with van der Waals surface area (Å²) in [6, 6.07) is 0. The molecule has 3 aliphatic rings. The largest absolute Gasteiger partial charge is 0.481 e. The summed E-state index contributed by atoms with van der Waals surface area (Å²) >= 11 is 0. The van der Waals surface area contributed by atoms with E-state index in [4.69, 9.17) is 5.11 Å². The van der Waals surface area contributed by atoms with Crippen LogP contribution in [0.15, 0.2) is 0 Å². The van der Waals surface area contributed by atoms with Gasteiger partial charge in [0.1, 0.15) is 0 Å². The molecular weight excluding hydrogens is 210 g/mol. The maximum atomic E-state index is 11.7. The number of rotatable bonds is 3. The maximum Gasteiger partial charge on any atom is 0.311 e. The van der Waals surface area contributed by atoms with Crippen molar-refractivity contribution in [2.45, 2.75) is 25.7 Å². The number of fused-ring (bicyclic) bond motifs is 1. The van der Waals surface area contributed by atoms with Gasteiger partial charge in [-0.05, 0) is 19.3 Å². The molecule has 0 spiro atoms. The van der Waals surface area contributed by atoms with Crippen LogP contribution >= 0.6 is 0 Å². The van der Waals surface area contributed by atoms with Gasteiger partial charge in [-0.1, -0.05) is 6.42 Å². The summed E-state index contributed by atoms with van der Waals surface area (Å²) in [5.74, 6) is -1.43. The SMILES string of the molecule is O=C1C2CC2C(=O)N1CC1(C(=O)O)CCC1. The summed E-state index contributed by atoms with van der Waals surface area (Å²) in [5, 5.41) is 9.14. The summed E-state index contributed by atoms with van der Waals surface area (Å²) in [7, 11) is 0. The quantitative estimate of drug-likeness (QED) is 0.696. The number of carbonyl (C=O) groups is 3. The van der Waals surface area contributed by atoms with Gasteiger partial charge in [0, 0.05) is 6.54 Å². The Balaban J connectivity index is 1.77. The predicted octanol–water partition coefficient (Wildman–Crippen LogP) is 0.246. The van der Waals surface area contributed by atoms with E-state index in [1.807, 2.05) is 0 Å². The molecule has 0 radical (unpaired) electrons. The zero-order valence-electron chi connectivity index (χ0n) is 8.81. The summed E-state index contributed by atoms with van der Waals surface area (Å²) in [4.78, 5) is 35.8. The molecule has 86 valence electrons. The second-order valence-corrected chi connectivity index (χ2v) is 5.15. The Morgan fingerprint density at radius 3 is 2.25 bits per heavy atom. The highest BCUT2D eigenvalue weighted by atomic mass is 16.4. The van der Waals surface area contributed by atoms with Crippen molar-refractivity contribution in [2.75, 3.05) is 6.54 Å². The third-order valence-corrected chi connectivity index (χ3v) is 4.18. The molecular formula is C11H13NO4. The minimum atomic E-state index is -0.875. The van der Waals surface area contributed by atoms with E-state index in [9.17, 15) is 14.4 Å². The first-order chi connectivity index (χ1) is 7.55. The molecule has 16 heavy (non-hydrogen) atoms. The van der Waals surface area contributed by atoms with Gasteiger partial charge >= 0.3 is 5.97 Å². The molecule has 1 saturated heterocycles. The van der Waals surface area contributed by atoms with Crippen LogP contribution in [0.25, 0.3) is 0 Å². The number of aliphatic carboxylic acids is 1. The van der Waals surface area contributed by atoms with Crippen LogP contribution in [-0.4, -0.2) is 34.3 Å². The standard InChI is InChI=1S/C11H13NO4/c13-8-6-4-7(6)9(14)12(8)5-11(10(15)16)2-1-3-11/h6-7H,1-5H2,(H,15,16). The zero-order chi connectivity index (χ0) is 11.5. The Hall–Kier alpha value is -1.39. The van der Waals surface area contributed by atoms with E-state index >= 15 is 0 Å². The van der Waals surface area contributed by atoms with Gasteiger partial charge < -0.3 is 5.11 Å². The van der Waals surface area contributed by atoms with Gasteiger partial charge in [0.2, 0.25) is 11.8 Å². The van der Waals surface area contributed by atoms with Crippen molar-refractivity contribution in [3.63, 3.8) is 0 Å². The molecule has 0 aromatic carbocycles. The lowest BCUT2D eigenvalue weighted by atomic mass is 9.68. The molecule has 3 rings (SSSR count). The van der Waals surface area contributed by atoms with Gasteiger partial charge in [0.25, 0.3) is 0 Å². The topological polar surface area (TPSA) is 74.7 Å². The molecule has 5 nitrogen and oxygen atoms in total. The number of carbonyl (C=O) groups excluding carboxylic acids is 2. The zero-order valence-corrected chi connectivity index (χ0v) is 8.81. The summed E-state index contributed by atoms with van der Waals surface area (Å²) in [6.45, 7) is 0.0903. The first-order valence-electron chi connectivity index (χ1n) is 5.64. The molecule has 0 bridgehead atoms. The summed E-state index contributed by atoms with van der Waals surface area (Å²) in [6.07, 6.45) is 2.70. The molecule has 0 aromatic rings. The van der Waals surface area contributed by atoms with Gasteiger partial charge in [-0.3, -0.25) is 19.3 Å².